The van der Waals surface area contributed by atoms with Gasteiger partial charge in [-0.2, -0.15) is 0 Å². The number of aliphatic carboxylic acids is 1. The second kappa shape index (κ2) is 5.71. The van der Waals surface area contributed by atoms with Gasteiger partial charge in [-0.3, -0.25) is 15.1 Å². The highest BCUT2D eigenvalue weighted by Gasteiger charge is 2.37. The topological polar surface area (TPSA) is 62.2 Å². The Balaban J connectivity index is 1.84. The highest BCUT2D eigenvalue weighted by Crippen LogP contribution is 2.26. The van der Waals surface area contributed by atoms with Crippen LogP contribution in [-0.2, 0) is 4.79 Å². The van der Waals surface area contributed by atoms with Crippen LogP contribution in [0.1, 0.15) is 26.2 Å². The predicted molar refractivity (Wildman–Crippen MR) is 71.8 cm³/mol. The number of carboxylic acids is 1. The Labute approximate surface area is 111 Å². The van der Waals surface area contributed by atoms with Gasteiger partial charge >= 0.3 is 5.97 Å². The Hall–Kier alpha value is -1.07. The average molecular weight is 266 g/mol. The molecule has 1 aliphatic rings. The molecule has 4 nitrogen and oxygen atoms in total. The number of nitrogens with one attached hydrogen (secondary N) is 1. The van der Waals surface area contributed by atoms with Gasteiger partial charge in [0.25, 0.3) is 0 Å². The van der Waals surface area contributed by atoms with E-state index in [-0.39, 0.29) is 0 Å². The molecule has 1 saturated carbocycles. The number of hydrogen-bond acceptors (Lipinski definition) is 4. The van der Waals surface area contributed by atoms with E-state index in [0.29, 0.717) is 12.5 Å². The summed E-state index contributed by atoms with van der Waals surface area (Å²) < 4.78 is 0. The summed E-state index contributed by atoms with van der Waals surface area (Å²) in [7, 11) is 0. The quantitative estimate of drug-likeness (QED) is 0.741. The number of carbonyl (C=O) groups is 1. The Morgan fingerprint density at radius 2 is 2.22 bits per heavy atom. The van der Waals surface area contributed by atoms with Crippen molar-refractivity contribution in [1.29, 1.82) is 0 Å². The van der Waals surface area contributed by atoms with Crippen molar-refractivity contribution in [2.75, 3.05) is 5.75 Å². The van der Waals surface area contributed by atoms with E-state index in [4.69, 9.17) is 0 Å². The van der Waals surface area contributed by atoms with E-state index >= 15 is 0 Å². The zero-order chi connectivity index (χ0) is 13.0. The molecule has 0 bridgehead atoms. The van der Waals surface area contributed by atoms with E-state index in [1.54, 1.807) is 31.1 Å². The normalized spacial score (nSPS) is 18.3. The van der Waals surface area contributed by atoms with Gasteiger partial charge in [0.15, 0.2) is 0 Å². The van der Waals surface area contributed by atoms with Gasteiger partial charge in [-0.15, -0.1) is 11.8 Å². The van der Waals surface area contributed by atoms with Crippen LogP contribution < -0.4 is 5.32 Å². The standard InChI is InChI=1S/C13H18N2O2S/c1-13(12(16)17,15-10-2-3-10)6-9-18-11-4-7-14-8-5-11/h4-5,7-8,10,15H,2-3,6,9H2,1H3,(H,16,17). The first-order chi connectivity index (χ1) is 8.60. The molecule has 1 fully saturated rings. The molecule has 1 heterocycles. The third-order valence-corrected chi connectivity index (χ3v) is 4.11. The van der Waals surface area contributed by atoms with Crippen LogP contribution in [0.2, 0.25) is 0 Å². The van der Waals surface area contributed by atoms with Gasteiger partial charge in [-0.05, 0) is 38.3 Å². The average Bonchev–Trinajstić information content (AvgIpc) is 3.14. The fraction of sp³-hybridized carbons (Fsp3) is 0.538. The molecule has 2 N–H and O–H groups in total. The van der Waals surface area contributed by atoms with Crippen molar-refractivity contribution >= 4 is 17.7 Å². The number of pyridine rings is 1. The summed E-state index contributed by atoms with van der Waals surface area (Å²) in [5.74, 6) is 0.0247. The number of rotatable bonds is 7. The number of aromatic nitrogens is 1. The van der Waals surface area contributed by atoms with E-state index < -0.39 is 11.5 Å². The van der Waals surface area contributed by atoms with Gasteiger partial charge in [0.2, 0.25) is 0 Å². The van der Waals surface area contributed by atoms with Crippen LogP contribution >= 0.6 is 11.8 Å². The Bertz CT molecular complexity index is 409. The van der Waals surface area contributed by atoms with Crippen molar-refractivity contribution in [3.05, 3.63) is 24.5 Å². The summed E-state index contributed by atoms with van der Waals surface area (Å²) in [6, 6.07) is 4.28. The second-order valence-electron chi connectivity index (χ2n) is 4.84. The maximum Gasteiger partial charge on any atom is 0.323 e. The first kappa shape index (κ1) is 13.4. The van der Waals surface area contributed by atoms with Crippen LogP contribution in [0.25, 0.3) is 0 Å². The maximum atomic E-state index is 11.3. The Morgan fingerprint density at radius 1 is 1.56 bits per heavy atom. The van der Waals surface area contributed by atoms with E-state index in [1.807, 2.05) is 12.1 Å². The lowest BCUT2D eigenvalue weighted by molar-refractivity contribution is -0.144. The van der Waals surface area contributed by atoms with E-state index in [1.165, 1.54) is 0 Å². The molecule has 0 aliphatic heterocycles. The van der Waals surface area contributed by atoms with Crippen LogP contribution in [0, 0.1) is 0 Å². The minimum absolute atomic E-state index is 0.400. The highest BCUT2D eigenvalue weighted by atomic mass is 32.2. The molecule has 1 aromatic heterocycles. The molecular weight excluding hydrogens is 248 g/mol. The number of thioether (sulfide) groups is 1. The van der Waals surface area contributed by atoms with Gasteiger partial charge in [-0.1, -0.05) is 0 Å². The molecule has 0 aromatic carbocycles. The number of nitrogens with zero attached hydrogens (tertiary/aromatic N) is 1. The van der Waals surface area contributed by atoms with Crippen molar-refractivity contribution in [2.24, 2.45) is 0 Å². The summed E-state index contributed by atoms with van der Waals surface area (Å²) in [5, 5.41) is 12.6. The summed E-state index contributed by atoms with van der Waals surface area (Å²) in [6.07, 6.45) is 6.31. The van der Waals surface area contributed by atoms with Gasteiger partial charge in [-0.25, -0.2) is 0 Å². The zero-order valence-corrected chi connectivity index (χ0v) is 11.2. The van der Waals surface area contributed by atoms with Crippen molar-refractivity contribution in [2.45, 2.75) is 42.7 Å². The lowest BCUT2D eigenvalue weighted by atomic mass is 9.99. The second-order valence-corrected chi connectivity index (χ2v) is 6.01. The van der Waals surface area contributed by atoms with E-state index in [2.05, 4.69) is 10.3 Å². The molecule has 98 valence electrons. The number of carboxylic acid groups (broad SMARTS) is 1. The molecule has 0 radical (unpaired) electrons. The molecule has 0 saturated heterocycles. The maximum absolute atomic E-state index is 11.3. The Morgan fingerprint density at radius 3 is 2.78 bits per heavy atom. The van der Waals surface area contributed by atoms with Crippen LogP contribution in [-0.4, -0.2) is 33.4 Å². The molecule has 2 rings (SSSR count). The molecule has 1 atom stereocenters. The lowest BCUT2D eigenvalue weighted by Gasteiger charge is -2.26. The summed E-state index contributed by atoms with van der Waals surface area (Å²) in [5.41, 5.74) is -0.804. The number of hydrogen-bond donors (Lipinski definition) is 2. The summed E-state index contributed by atoms with van der Waals surface area (Å²) in [4.78, 5) is 16.4. The van der Waals surface area contributed by atoms with Gasteiger partial charge < -0.3 is 5.11 Å². The lowest BCUT2D eigenvalue weighted by Crippen LogP contribution is -2.50. The van der Waals surface area contributed by atoms with Crippen molar-refractivity contribution in [3.8, 4) is 0 Å². The molecule has 5 heteroatoms. The fourth-order valence-electron chi connectivity index (χ4n) is 1.73. The van der Waals surface area contributed by atoms with E-state index in [0.717, 1.165) is 23.5 Å². The van der Waals surface area contributed by atoms with Gasteiger partial charge in [0, 0.05) is 29.1 Å². The van der Waals surface area contributed by atoms with Crippen LogP contribution in [0.5, 0.6) is 0 Å². The molecule has 1 aliphatic carbocycles. The molecule has 0 amide bonds. The fourth-order valence-corrected chi connectivity index (χ4v) is 2.79. The summed E-state index contributed by atoms with van der Waals surface area (Å²) >= 11 is 1.67. The first-order valence-electron chi connectivity index (χ1n) is 6.14. The van der Waals surface area contributed by atoms with Gasteiger partial charge in [0.1, 0.15) is 5.54 Å². The minimum atomic E-state index is -0.804. The molecular formula is C13H18N2O2S. The monoisotopic (exact) mass is 266 g/mol. The van der Waals surface area contributed by atoms with Crippen molar-refractivity contribution in [3.63, 3.8) is 0 Å². The van der Waals surface area contributed by atoms with Gasteiger partial charge in [0.05, 0.1) is 0 Å². The third kappa shape index (κ3) is 3.71. The largest absolute Gasteiger partial charge is 0.480 e. The molecule has 0 spiro atoms. The zero-order valence-electron chi connectivity index (χ0n) is 10.4. The van der Waals surface area contributed by atoms with Crippen LogP contribution in [0.3, 0.4) is 0 Å². The highest BCUT2D eigenvalue weighted by molar-refractivity contribution is 7.99. The molecule has 1 aromatic rings. The SMILES string of the molecule is CC(CCSc1ccncc1)(NC1CC1)C(=O)O. The Kier molecular flexibility index (Phi) is 4.24. The van der Waals surface area contributed by atoms with E-state index in [9.17, 15) is 9.90 Å². The van der Waals surface area contributed by atoms with Crippen LogP contribution in [0.15, 0.2) is 29.4 Å². The smallest absolute Gasteiger partial charge is 0.323 e. The third-order valence-electron chi connectivity index (χ3n) is 3.09. The first-order valence-corrected chi connectivity index (χ1v) is 7.13. The molecule has 1 unspecified atom stereocenters. The summed E-state index contributed by atoms with van der Waals surface area (Å²) in [6.45, 7) is 1.78. The van der Waals surface area contributed by atoms with Crippen LogP contribution in [0.4, 0.5) is 0 Å². The minimum Gasteiger partial charge on any atom is -0.480 e. The van der Waals surface area contributed by atoms with Crippen molar-refractivity contribution in [1.82, 2.24) is 10.3 Å². The predicted octanol–water partition coefficient (Wildman–Crippen LogP) is 2.16. The molecule has 18 heavy (non-hydrogen) atoms. The van der Waals surface area contributed by atoms with Crippen molar-refractivity contribution < 1.29 is 9.90 Å².